The smallest absolute Gasteiger partial charge is 0.232 e. The molecule has 21 heavy (non-hydrogen) atoms. The lowest BCUT2D eigenvalue weighted by Gasteiger charge is -2.08. The van der Waals surface area contributed by atoms with Crippen LogP contribution < -0.4 is 10.5 Å². The molecule has 1 aromatic carbocycles. The third-order valence-corrected chi connectivity index (χ3v) is 4.84. The van der Waals surface area contributed by atoms with Crippen molar-refractivity contribution in [3.63, 3.8) is 0 Å². The molecule has 0 saturated carbocycles. The molecule has 0 spiro atoms. The van der Waals surface area contributed by atoms with Gasteiger partial charge in [-0.15, -0.1) is 11.3 Å². The lowest BCUT2D eigenvalue weighted by molar-refractivity contribution is 0.469. The average Bonchev–Trinajstić information content (AvgIpc) is 2.85. The summed E-state index contributed by atoms with van der Waals surface area (Å²) in [4.78, 5) is 10.5. The number of fused-ring (bicyclic) bond motifs is 1. The SMILES string of the molecule is CCc1cc2c(Oc3ccc(Br)cc3Cl)nc(N)nc2s1. The van der Waals surface area contributed by atoms with Crippen molar-refractivity contribution in [2.45, 2.75) is 13.3 Å². The van der Waals surface area contributed by atoms with E-state index < -0.39 is 0 Å². The summed E-state index contributed by atoms with van der Waals surface area (Å²) in [6.07, 6.45) is 0.930. The van der Waals surface area contributed by atoms with Crippen LogP contribution in [0.5, 0.6) is 11.6 Å². The van der Waals surface area contributed by atoms with E-state index in [0.717, 1.165) is 21.1 Å². The molecule has 0 amide bonds. The molecule has 2 heterocycles. The molecule has 0 saturated heterocycles. The first-order valence-electron chi connectivity index (χ1n) is 6.25. The van der Waals surface area contributed by atoms with E-state index in [1.807, 2.05) is 12.1 Å². The number of nitrogens with two attached hydrogens (primary N) is 1. The summed E-state index contributed by atoms with van der Waals surface area (Å²) in [5, 5.41) is 1.35. The molecule has 0 atom stereocenters. The van der Waals surface area contributed by atoms with Crippen LogP contribution in [-0.4, -0.2) is 9.97 Å². The molecule has 2 N–H and O–H groups in total. The molecule has 0 fully saturated rings. The van der Waals surface area contributed by atoms with Crippen molar-refractivity contribution in [1.82, 2.24) is 9.97 Å². The molecule has 3 rings (SSSR count). The number of hydrogen-bond acceptors (Lipinski definition) is 5. The van der Waals surface area contributed by atoms with Gasteiger partial charge in [-0.25, -0.2) is 4.98 Å². The predicted molar refractivity (Wildman–Crippen MR) is 90.4 cm³/mol. The summed E-state index contributed by atoms with van der Waals surface area (Å²) < 4.78 is 6.72. The standard InChI is InChI=1S/C14H11BrClN3OS/c1-2-8-6-9-12(18-14(17)19-13(9)21-8)20-11-4-3-7(15)5-10(11)16/h3-6H,2H2,1H3,(H2,17,18,19). The largest absolute Gasteiger partial charge is 0.437 e. The monoisotopic (exact) mass is 383 g/mol. The topological polar surface area (TPSA) is 61.0 Å². The van der Waals surface area contributed by atoms with Crippen LogP contribution in [0.25, 0.3) is 10.2 Å². The number of hydrogen-bond donors (Lipinski definition) is 1. The second kappa shape index (κ2) is 5.79. The summed E-state index contributed by atoms with van der Waals surface area (Å²) in [7, 11) is 0. The Morgan fingerprint density at radius 3 is 2.86 bits per heavy atom. The minimum atomic E-state index is 0.190. The van der Waals surface area contributed by atoms with E-state index in [9.17, 15) is 0 Å². The second-order valence-electron chi connectivity index (χ2n) is 4.35. The van der Waals surface area contributed by atoms with Gasteiger partial charge in [0.1, 0.15) is 10.6 Å². The molecule has 108 valence electrons. The Morgan fingerprint density at radius 2 is 2.14 bits per heavy atom. The highest BCUT2D eigenvalue weighted by atomic mass is 79.9. The Hall–Kier alpha value is -1.37. The van der Waals surface area contributed by atoms with Gasteiger partial charge in [-0.3, -0.25) is 0 Å². The highest BCUT2D eigenvalue weighted by molar-refractivity contribution is 9.10. The maximum atomic E-state index is 6.18. The molecule has 0 aliphatic carbocycles. The summed E-state index contributed by atoms with van der Waals surface area (Å²) in [6, 6.07) is 7.43. The van der Waals surface area contributed by atoms with E-state index in [-0.39, 0.29) is 5.95 Å². The minimum absolute atomic E-state index is 0.190. The van der Waals surface area contributed by atoms with Gasteiger partial charge in [0.05, 0.1) is 10.4 Å². The molecule has 4 nitrogen and oxygen atoms in total. The maximum absolute atomic E-state index is 6.18. The van der Waals surface area contributed by atoms with E-state index in [1.54, 1.807) is 23.5 Å². The Balaban J connectivity index is 2.08. The normalized spacial score (nSPS) is 11.0. The van der Waals surface area contributed by atoms with Gasteiger partial charge in [-0.05, 0) is 30.7 Å². The van der Waals surface area contributed by atoms with Crippen molar-refractivity contribution in [2.75, 3.05) is 5.73 Å². The lowest BCUT2D eigenvalue weighted by atomic mass is 10.3. The van der Waals surface area contributed by atoms with Gasteiger partial charge in [0, 0.05) is 9.35 Å². The molecule has 2 aromatic heterocycles. The fraction of sp³-hybridized carbons (Fsp3) is 0.143. The Kier molecular flexibility index (Phi) is 4.01. The Labute approximate surface area is 139 Å². The van der Waals surface area contributed by atoms with Crippen molar-refractivity contribution in [2.24, 2.45) is 0 Å². The first-order chi connectivity index (χ1) is 10.1. The zero-order valence-corrected chi connectivity index (χ0v) is 14.2. The molecule has 3 aromatic rings. The van der Waals surface area contributed by atoms with Gasteiger partial charge in [0.2, 0.25) is 11.8 Å². The van der Waals surface area contributed by atoms with Crippen molar-refractivity contribution in [3.8, 4) is 11.6 Å². The number of halogens is 2. The number of benzene rings is 1. The number of nitrogens with zero attached hydrogens (tertiary/aromatic N) is 2. The molecular formula is C14H11BrClN3OS. The van der Waals surface area contributed by atoms with E-state index in [4.69, 9.17) is 22.1 Å². The maximum Gasteiger partial charge on any atom is 0.232 e. The fourth-order valence-electron chi connectivity index (χ4n) is 1.88. The van der Waals surface area contributed by atoms with Crippen LogP contribution in [-0.2, 0) is 6.42 Å². The number of ether oxygens (including phenoxy) is 1. The third kappa shape index (κ3) is 2.97. The number of thiophene rings is 1. The quantitative estimate of drug-likeness (QED) is 0.687. The summed E-state index contributed by atoms with van der Waals surface area (Å²) in [5.41, 5.74) is 5.76. The van der Waals surface area contributed by atoms with Crippen molar-refractivity contribution >= 4 is 55.0 Å². The molecule has 0 unspecified atom stereocenters. The Morgan fingerprint density at radius 1 is 1.33 bits per heavy atom. The first kappa shape index (κ1) is 14.6. The van der Waals surface area contributed by atoms with Crippen LogP contribution >= 0.6 is 38.9 Å². The van der Waals surface area contributed by atoms with Crippen LogP contribution in [0.4, 0.5) is 5.95 Å². The van der Waals surface area contributed by atoms with E-state index in [1.165, 1.54) is 4.88 Å². The number of nitrogen functional groups attached to an aromatic ring is 1. The number of aromatic nitrogens is 2. The van der Waals surface area contributed by atoms with Crippen molar-refractivity contribution in [3.05, 3.63) is 38.6 Å². The highest BCUT2D eigenvalue weighted by Crippen LogP contribution is 2.36. The molecular weight excluding hydrogens is 374 g/mol. The van der Waals surface area contributed by atoms with Crippen LogP contribution in [0.1, 0.15) is 11.8 Å². The van der Waals surface area contributed by atoms with Gasteiger partial charge in [0.25, 0.3) is 0 Å². The predicted octanol–water partition coefficient (Wildman–Crippen LogP) is 5.04. The molecule has 0 aliphatic rings. The van der Waals surface area contributed by atoms with Crippen LogP contribution in [0.15, 0.2) is 28.7 Å². The van der Waals surface area contributed by atoms with Crippen LogP contribution in [0, 0.1) is 0 Å². The van der Waals surface area contributed by atoms with Gasteiger partial charge >= 0.3 is 0 Å². The summed E-state index contributed by atoms with van der Waals surface area (Å²) in [5.74, 6) is 1.15. The van der Waals surface area contributed by atoms with Gasteiger partial charge in [0.15, 0.2) is 0 Å². The van der Waals surface area contributed by atoms with E-state index in [0.29, 0.717) is 16.7 Å². The Bertz CT molecular complexity index is 821. The first-order valence-corrected chi connectivity index (χ1v) is 8.24. The van der Waals surface area contributed by atoms with Crippen molar-refractivity contribution in [1.29, 1.82) is 0 Å². The van der Waals surface area contributed by atoms with Gasteiger partial charge < -0.3 is 10.5 Å². The van der Waals surface area contributed by atoms with Gasteiger partial charge in [-0.2, -0.15) is 4.98 Å². The average molecular weight is 385 g/mol. The number of anilines is 1. The summed E-state index contributed by atoms with van der Waals surface area (Å²) in [6.45, 7) is 2.09. The fourth-order valence-corrected chi connectivity index (χ4v) is 3.55. The third-order valence-electron chi connectivity index (χ3n) is 2.88. The van der Waals surface area contributed by atoms with Gasteiger partial charge in [-0.1, -0.05) is 34.5 Å². The molecule has 0 radical (unpaired) electrons. The minimum Gasteiger partial charge on any atom is -0.437 e. The van der Waals surface area contributed by atoms with Crippen molar-refractivity contribution < 1.29 is 4.74 Å². The zero-order valence-electron chi connectivity index (χ0n) is 11.1. The number of aryl methyl sites for hydroxylation is 1. The van der Waals surface area contributed by atoms with Crippen LogP contribution in [0.3, 0.4) is 0 Å². The lowest BCUT2D eigenvalue weighted by Crippen LogP contribution is -1.97. The molecule has 0 aliphatic heterocycles. The molecule has 7 heteroatoms. The zero-order chi connectivity index (χ0) is 15.0. The van der Waals surface area contributed by atoms with E-state index >= 15 is 0 Å². The second-order valence-corrected chi connectivity index (χ2v) is 6.79. The van der Waals surface area contributed by atoms with E-state index in [2.05, 4.69) is 32.8 Å². The molecule has 0 bridgehead atoms. The summed E-state index contributed by atoms with van der Waals surface area (Å²) >= 11 is 11.1. The van der Waals surface area contributed by atoms with Crippen LogP contribution in [0.2, 0.25) is 5.02 Å². The highest BCUT2D eigenvalue weighted by Gasteiger charge is 2.13. The number of rotatable bonds is 3.